The summed E-state index contributed by atoms with van der Waals surface area (Å²) in [6.45, 7) is 1.84. The molecule has 1 aromatic heterocycles. The van der Waals surface area contributed by atoms with Crippen LogP contribution in [-0.4, -0.2) is 50.3 Å². The van der Waals surface area contributed by atoms with Crippen molar-refractivity contribution in [3.63, 3.8) is 0 Å². The molecule has 1 aliphatic heterocycles. The lowest BCUT2D eigenvalue weighted by atomic mass is 9.87. The Morgan fingerprint density at radius 1 is 1.16 bits per heavy atom. The summed E-state index contributed by atoms with van der Waals surface area (Å²) in [5, 5.41) is 26.4. The fourth-order valence-electron chi connectivity index (χ4n) is 3.79. The van der Waals surface area contributed by atoms with Crippen molar-refractivity contribution < 1.29 is 19.7 Å². The molecule has 2 atom stereocenters. The molecular weight excluding hydrogens is 410 g/mol. The minimum Gasteiger partial charge on any atom is -0.508 e. The highest BCUT2D eigenvalue weighted by atomic mass is 16.5. The molecule has 3 aromatic rings. The smallest absolute Gasteiger partial charge is 0.248 e. The van der Waals surface area contributed by atoms with Gasteiger partial charge in [0.05, 0.1) is 13.2 Å². The Kier molecular flexibility index (Phi) is 6.18. The number of aryl methyl sites for hydroxylation is 1. The quantitative estimate of drug-likeness (QED) is 0.525. The van der Waals surface area contributed by atoms with Gasteiger partial charge in [-0.1, -0.05) is 12.1 Å². The molecule has 4 rings (SSSR count). The zero-order valence-electron chi connectivity index (χ0n) is 17.9. The number of anilines is 1. The number of hydrogen-bond acceptors (Lipinski definition) is 7. The van der Waals surface area contributed by atoms with Crippen molar-refractivity contribution in [3.8, 4) is 11.5 Å². The first-order valence-corrected chi connectivity index (χ1v) is 10.4. The number of aromatic nitrogens is 3. The van der Waals surface area contributed by atoms with E-state index in [0.29, 0.717) is 41.8 Å². The summed E-state index contributed by atoms with van der Waals surface area (Å²) >= 11 is 0. The van der Waals surface area contributed by atoms with Crippen molar-refractivity contribution >= 4 is 23.3 Å². The van der Waals surface area contributed by atoms with Gasteiger partial charge < -0.3 is 20.3 Å². The Labute approximate surface area is 185 Å². The maximum Gasteiger partial charge on any atom is 0.248 e. The molecule has 1 aliphatic rings. The van der Waals surface area contributed by atoms with Crippen molar-refractivity contribution in [2.24, 2.45) is 10.9 Å². The fraction of sp³-hybridized carbons (Fsp3) is 0.304. The summed E-state index contributed by atoms with van der Waals surface area (Å²) < 4.78 is 6.83. The summed E-state index contributed by atoms with van der Waals surface area (Å²) in [6.07, 6.45) is 1.05. The number of aromatic hydroxyl groups is 1. The number of ether oxygens (including phenoxy) is 1. The van der Waals surface area contributed by atoms with Crippen molar-refractivity contribution in [1.29, 1.82) is 0 Å². The first-order chi connectivity index (χ1) is 15.5. The third-order valence-corrected chi connectivity index (χ3v) is 5.40. The first kappa shape index (κ1) is 21.5. The molecule has 0 saturated heterocycles. The van der Waals surface area contributed by atoms with Crippen LogP contribution < -0.4 is 10.1 Å². The number of nitrogens with zero attached hydrogens (tertiary/aromatic N) is 4. The number of nitrogens with one attached hydrogen (secondary N) is 1. The summed E-state index contributed by atoms with van der Waals surface area (Å²) in [6, 6.07) is 13.3. The largest absolute Gasteiger partial charge is 0.508 e. The van der Waals surface area contributed by atoms with Gasteiger partial charge in [0.15, 0.2) is 5.82 Å². The average molecular weight is 435 g/mol. The zero-order chi connectivity index (χ0) is 22.7. The van der Waals surface area contributed by atoms with Crippen LogP contribution in [-0.2, 0) is 11.2 Å². The van der Waals surface area contributed by atoms with Gasteiger partial charge in [-0.3, -0.25) is 4.79 Å². The minimum atomic E-state index is -0.637. The number of carbonyl (C=O) groups is 1. The van der Waals surface area contributed by atoms with Gasteiger partial charge in [-0.05, 0) is 55.3 Å². The highest BCUT2D eigenvalue weighted by Gasteiger charge is 2.39. The summed E-state index contributed by atoms with van der Waals surface area (Å²) in [5.41, 5.74) is 2.05. The molecule has 0 radical (unpaired) electrons. The van der Waals surface area contributed by atoms with E-state index in [1.807, 2.05) is 0 Å². The van der Waals surface area contributed by atoms with Gasteiger partial charge in [-0.25, -0.2) is 9.67 Å². The number of rotatable bonds is 7. The van der Waals surface area contributed by atoms with Crippen LogP contribution in [0.1, 0.15) is 30.8 Å². The van der Waals surface area contributed by atoms with Crippen molar-refractivity contribution in [3.05, 3.63) is 59.9 Å². The van der Waals surface area contributed by atoms with Gasteiger partial charge in [0, 0.05) is 24.4 Å². The van der Waals surface area contributed by atoms with E-state index in [1.54, 1.807) is 67.2 Å². The number of phenols is 1. The van der Waals surface area contributed by atoms with Crippen LogP contribution in [0, 0.1) is 5.92 Å². The molecule has 0 spiro atoms. The van der Waals surface area contributed by atoms with E-state index in [-0.39, 0.29) is 18.3 Å². The van der Waals surface area contributed by atoms with Gasteiger partial charge in [0.2, 0.25) is 11.9 Å². The second-order valence-corrected chi connectivity index (χ2v) is 7.58. The standard InChI is InChI=1S/C23H25N5O4/c1-14-20(22(31)25-16-7-11-18(32-2)12-8-16)21(15-5-9-17(30)10-6-15)28-23(24-14)26-19(27-28)4-3-13-29/h5-12,20-21,29-30H,3-4,13H2,1-2H3,(H,25,31). The van der Waals surface area contributed by atoms with Crippen LogP contribution in [0.2, 0.25) is 0 Å². The van der Waals surface area contributed by atoms with Gasteiger partial charge in [0.25, 0.3) is 0 Å². The van der Waals surface area contributed by atoms with E-state index in [4.69, 9.17) is 9.84 Å². The van der Waals surface area contributed by atoms with Gasteiger partial charge >= 0.3 is 0 Å². The molecule has 166 valence electrons. The SMILES string of the molecule is COc1ccc(NC(=O)C2C(C)=Nc3nc(CCCO)nn3C2c2ccc(O)cc2)cc1. The second-order valence-electron chi connectivity index (χ2n) is 7.58. The Morgan fingerprint density at radius 2 is 1.88 bits per heavy atom. The third kappa shape index (κ3) is 4.33. The molecule has 9 heteroatoms. The van der Waals surface area contributed by atoms with Crippen molar-refractivity contribution in [1.82, 2.24) is 14.8 Å². The first-order valence-electron chi connectivity index (χ1n) is 10.4. The highest BCUT2D eigenvalue weighted by molar-refractivity contribution is 6.10. The monoisotopic (exact) mass is 435 g/mol. The maximum atomic E-state index is 13.4. The summed E-state index contributed by atoms with van der Waals surface area (Å²) in [4.78, 5) is 22.4. The summed E-state index contributed by atoms with van der Waals surface area (Å²) in [5.74, 6) is 0.946. The number of aliphatic hydroxyl groups excluding tert-OH is 1. The summed E-state index contributed by atoms with van der Waals surface area (Å²) in [7, 11) is 1.59. The Hall–Kier alpha value is -3.72. The molecule has 3 N–H and O–H groups in total. The number of benzene rings is 2. The Morgan fingerprint density at radius 3 is 2.53 bits per heavy atom. The molecule has 32 heavy (non-hydrogen) atoms. The van der Waals surface area contributed by atoms with Crippen LogP contribution in [0.4, 0.5) is 11.6 Å². The van der Waals surface area contributed by atoms with Crippen LogP contribution in [0.3, 0.4) is 0 Å². The Bertz CT molecular complexity index is 1120. The fourth-order valence-corrected chi connectivity index (χ4v) is 3.79. The number of fused-ring (bicyclic) bond motifs is 1. The number of hydrogen-bond donors (Lipinski definition) is 3. The molecular formula is C23H25N5O4. The molecule has 2 unspecified atom stereocenters. The van der Waals surface area contributed by atoms with E-state index in [9.17, 15) is 9.90 Å². The number of amides is 1. The lowest BCUT2D eigenvalue weighted by Gasteiger charge is -2.30. The molecule has 2 aromatic carbocycles. The van der Waals surface area contributed by atoms with Gasteiger partial charge in [-0.15, -0.1) is 0 Å². The number of carbonyl (C=O) groups excluding carboxylic acids is 1. The molecule has 0 aliphatic carbocycles. The third-order valence-electron chi connectivity index (χ3n) is 5.40. The number of aliphatic imine (C=N–C) groups is 1. The molecule has 0 fully saturated rings. The van der Waals surface area contributed by atoms with E-state index < -0.39 is 12.0 Å². The zero-order valence-corrected chi connectivity index (χ0v) is 17.9. The van der Waals surface area contributed by atoms with Gasteiger partial charge in [-0.2, -0.15) is 10.1 Å². The lowest BCUT2D eigenvalue weighted by molar-refractivity contribution is -0.118. The molecule has 2 heterocycles. The molecule has 9 nitrogen and oxygen atoms in total. The van der Waals surface area contributed by atoms with Gasteiger partial charge in [0.1, 0.15) is 17.4 Å². The maximum absolute atomic E-state index is 13.4. The van der Waals surface area contributed by atoms with Crippen LogP contribution >= 0.6 is 0 Å². The van der Waals surface area contributed by atoms with E-state index in [1.165, 1.54) is 0 Å². The normalized spacial score (nSPS) is 17.4. The van der Waals surface area contributed by atoms with Crippen LogP contribution in [0.15, 0.2) is 53.5 Å². The number of aliphatic hydroxyl groups is 1. The Balaban J connectivity index is 1.71. The molecule has 0 saturated carbocycles. The predicted octanol–water partition coefficient (Wildman–Crippen LogP) is 2.87. The van der Waals surface area contributed by atoms with E-state index in [0.717, 1.165) is 5.56 Å². The average Bonchev–Trinajstić information content (AvgIpc) is 3.20. The molecule has 0 bridgehead atoms. The van der Waals surface area contributed by atoms with Crippen LogP contribution in [0.25, 0.3) is 0 Å². The van der Waals surface area contributed by atoms with E-state index in [2.05, 4.69) is 20.4 Å². The second kappa shape index (κ2) is 9.19. The molecule has 1 amide bonds. The van der Waals surface area contributed by atoms with Crippen LogP contribution in [0.5, 0.6) is 11.5 Å². The van der Waals surface area contributed by atoms with E-state index >= 15 is 0 Å². The lowest BCUT2D eigenvalue weighted by Crippen LogP contribution is -2.39. The number of methoxy groups -OCH3 is 1. The highest BCUT2D eigenvalue weighted by Crippen LogP contribution is 2.36. The number of phenolic OH excluding ortho intramolecular Hbond substituents is 1. The minimum absolute atomic E-state index is 0.0421. The predicted molar refractivity (Wildman–Crippen MR) is 120 cm³/mol. The van der Waals surface area contributed by atoms with Crippen molar-refractivity contribution in [2.45, 2.75) is 25.8 Å². The van der Waals surface area contributed by atoms with Crippen molar-refractivity contribution in [2.75, 3.05) is 19.0 Å². The topological polar surface area (TPSA) is 122 Å².